The average molecular weight is 606 g/mol. The minimum atomic E-state index is -0.703. The number of nitrogens with one attached hydrogen (secondary N) is 1. The van der Waals surface area contributed by atoms with Crippen LogP contribution in [0.15, 0.2) is 42.6 Å². The summed E-state index contributed by atoms with van der Waals surface area (Å²) in [6, 6.07) is 11.7. The maximum atomic E-state index is 13.8. The summed E-state index contributed by atoms with van der Waals surface area (Å²) < 4.78 is 5.92. The number of piperidine rings is 1. The van der Waals surface area contributed by atoms with Crippen molar-refractivity contribution < 1.29 is 14.3 Å². The number of benzene rings is 1. The maximum absolute atomic E-state index is 13.8. The number of halogens is 2. The molecular formula is C32H46Cl2N4O3. The molecule has 2 amide bonds. The second kappa shape index (κ2) is 15.2. The van der Waals surface area contributed by atoms with E-state index in [9.17, 15) is 9.59 Å². The van der Waals surface area contributed by atoms with Crippen LogP contribution < -0.4 is 10.1 Å². The normalized spacial score (nSPS) is 21.1. The van der Waals surface area contributed by atoms with E-state index in [1.165, 1.54) is 37.7 Å². The average Bonchev–Trinajstić information content (AvgIpc) is 2.96. The molecule has 3 heterocycles. The maximum Gasteiger partial charge on any atom is 0.246 e. The number of likely N-dealkylation sites (tertiary alicyclic amines) is 1. The zero-order chi connectivity index (χ0) is 27.2. The quantitative estimate of drug-likeness (QED) is 0.355. The fraction of sp³-hybridized carbons (Fsp3) is 0.594. The molecule has 3 aliphatic rings. The van der Waals surface area contributed by atoms with Crippen molar-refractivity contribution in [3.8, 4) is 11.5 Å². The molecule has 2 aliphatic heterocycles. The van der Waals surface area contributed by atoms with Gasteiger partial charge in [-0.05, 0) is 68.4 Å². The van der Waals surface area contributed by atoms with E-state index in [0.717, 1.165) is 56.1 Å². The molecule has 1 aromatic carbocycles. The number of aryl methyl sites for hydroxylation is 1. The Morgan fingerprint density at radius 1 is 0.976 bits per heavy atom. The van der Waals surface area contributed by atoms with E-state index < -0.39 is 5.54 Å². The highest BCUT2D eigenvalue weighted by atomic mass is 35.5. The number of rotatable bonds is 9. The van der Waals surface area contributed by atoms with Crippen LogP contribution in [-0.4, -0.2) is 57.8 Å². The monoisotopic (exact) mass is 604 g/mol. The van der Waals surface area contributed by atoms with Gasteiger partial charge in [-0.1, -0.05) is 57.6 Å². The second-order valence-electron chi connectivity index (χ2n) is 11.8. The summed E-state index contributed by atoms with van der Waals surface area (Å²) in [6.45, 7) is 7.20. The molecule has 9 heteroatoms. The summed E-state index contributed by atoms with van der Waals surface area (Å²) >= 11 is 0. The molecule has 1 N–H and O–H groups in total. The molecule has 1 atom stereocenters. The Morgan fingerprint density at radius 2 is 1.66 bits per heavy atom. The Morgan fingerprint density at radius 3 is 2.29 bits per heavy atom. The first-order valence-electron chi connectivity index (χ1n) is 15.0. The van der Waals surface area contributed by atoms with Crippen molar-refractivity contribution in [2.24, 2.45) is 5.92 Å². The summed E-state index contributed by atoms with van der Waals surface area (Å²) in [4.78, 5) is 36.1. The van der Waals surface area contributed by atoms with Gasteiger partial charge < -0.3 is 15.0 Å². The summed E-state index contributed by atoms with van der Waals surface area (Å²) in [5, 5.41) is 3.21. The number of nitrogens with zero attached hydrogens (tertiary/aromatic N) is 3. The summed E-state index contributed by atoms with van der Waals surface area (Å²) in [5.74, 6) is 2.30. The third-order valence-corrected chi connectivity index (χ3v) is 8.97. The molecule has 41 heavy (non-hydrogen) atoms. The van der Waals surface area contributed by atoms with Gasteiger partial charge in [-0.3, -0.25) is 19.5 Å². The van der Waals surface area contributed by atoms with E-state index in [2.05, 4.69) is 34.3 Å². The van der Waals surface area contributed by atoms with Crippen molar-refractivity contribution >= 4 is 36.6 Å². The fourth-order valence-corrected chi connectivity index (χ4v) is 6.58. The Balaban J connectivity index is 0.00000231. The number of amides is 2. The van der Waals surface area contributed by atoms with Gasteiger partial charge in [-0.15, -0.1) is 24.8 Å². The minimum Gasteiger partial charge on any atom is -0.456 e. The van der Waals surface area contributed by atoms with Crippen LogP contribution in [0.25, 0.3) is 0 Å². The SMILES string of the molecule is CCCCN1C(=O)[C@H](CC2CCCCC2)NC(=O)C12CCN(Cc1ccc(Oc3ccc(C)nc3)cc1)CC2.Cl.Cl. The Hall–Kier alpha value is -2.35. The molecule has 2 saturated heterocycles. The topological polar surface area (TPSA) is 74.8 Å². The highest BCUT2D eigenvalue weighted by molar-refractivity contribution is 6.00. The Labute approximate surface area is 257 Å². The zero-order valence-electron chi connectivity index (χ0n) is 24.5. The minimum absolute atomic E-state index is 0. The molecule has 0 radical (unpaired) electrons. The molecule has 3 fully saturated rings. The van der Waals surface area contributed by atoms with Gasteiger partial charge in [0.15, 0.2) is 0 Å². The number of pyridine rings is 1. The van der Waals surface area contributed by atoms with Crippen molar-refractivity contribution in [1.29, 1.82) is 0 Å². The van der Waals surface area contributed by atoms with Crippen molar-refractivity contribution in [3.63, 3.8) is 0 Å². The first-order valence-corrected chi connectivity index (χ1v) is 15.0. The molecular weight excluding hydrogens is 559 g/mol. The van der Waals surface area contributed by atoms with Gasteiger partial charge in [0.1, 0.15) is 23.1 Å². The molecule has 1 saturated carbocycles. The number of carbonyl (C=O) groups excluding carboxylic acids is 2. The van der Waals surface area contributed by atoms with Crippen LogP contribution in [0.4, 0.5) is 0 Å². The molecule has 0 bridgehead atoms. The first kappa shape index (κ1) is 33.2. The summed E-state index contributed by atoms with van der Waals surface area (Å²) in [7, 11) is 0. The number of aromatic nitrogens is 1. The smallest absolute Gasteiger partial charge is 0.246 e. The van der Waals surface area contributed by atoms with Gasteiger partial charge in [-0.2, -0.15) is 0 Å². The molecule has 1 spiro atoms. The van der Waals surface area contributed by atoms with Crippen molar-refractivity contribution in [2.45, 2.75) is 96.2 Å². The van der Waals surface area contributed by atoms with Crippen LogP contribution >= 0.6 is 24.8 Å². The predicted molar refractivity (Wildman–Crippen MR) is 167 cm³/mol. The number of carbonyl (C=O) groups is 2. The molecule has 7 nitrogen and oxygen atoms in total. The van der Waals surface area contributed by atoms with Crippen LogP contribution in [-0.2, 0) is 16.1 Å². The molecule has 5 rings (SSSR count). The van der Waals surface area contributed by atoms with Crippen molar-refractivity contribution in [2.75, 3.05) is 19.6 Å². The number of unbranched alkanes of at least 4 members (excludes halogenated alkanes) is 1. The van der Waals surface area contributed by atoms with Crippen molar-refractivity contribution in [3.05, 3.63) is 53.9 Å². The van der Waals surface area contributed by atoms with E-state index in [-0.39, 0.29) is 42.7 Å². The first-order chi connectivity index (χ1) is 19.0. The van der Waals surface area contributed by atoms with Crippen LogP contribution in [0.1, 0.15) is 82.4 Å². The van der Waals surface area contributed by atoms with Gasteiger partial charge in [0.25, 0.3) is 0 Å². The lowest BCUT2D eigenvalue weighted by atomic mass is 9.79. The van der Waals surface area contributed by atoms with E-state index in [4.69, 9.17) is 4.74 Å². The number of hydrogen-bond acceptors (Lipinski definition) is 5. The number of hydrogen-bond donors (Lipinski definition) is 1. The highest BCUT2D eigenvalue weighted by Crippen LogP contribution is 2.36. The second-order valence-corrected chi connectivity index (χ2v) is 11.8. The lowest BCUT2D eigenvalue weighted by Gasteiger charge is -2.52. The van der Waals surface area contributed by atoms with Gasteiger partial charge in [0, 0.05) is 31.9 Å². The van der Waals surface area contributed by atoms with E-state index in [1.807, 2.05) is 36.1 Å². The lowest BCUT2D eigenvalue weighted by Crippen LogP contribution is -2.73. The lowest BCUT2D eigenvalue weighted by molar-refractivity contribution is -0.162. The zero-order valence-corrected chi connectivity index (χ0v) is 26.1. The number of piperazine rings is 1. The van der Waals surface area contributed by atoms with E-state index in [0.29, 0.717) is 25.3 Å². The molecule has 226 valence electrons. The molecule has 1 aliphatic carbocycles. The summed E-state index contributed by atoms with van der Waals surface area (Å²) in [6.07, 6.45) is 12.0. The third kappa shape index (κ3) is 7.94. The van der Waals surface area contributed by atoms with E-state index in [1.54, 1.807) is 6.20 Å². The Bertz CT molecular complexity index is 1110. The van der Waals surface area contributed by atoms with Gasteiger partial charge in [0.2, 0.25) is 11.8 Å². The Kier molecular flexibility index (Phi) is 12.3. The highest BCUT2D eigenvalue weighted by Gasteiger charge is 2.53. The molecule has 0 unspecified atom stereocenters. The fourth-order valence-electron chi connectivity index (χ4n) is 6.58. The van der Waals surface area contributed by atoms with Gasteiger partial charge in [-0.25, -0.2) is 0 Å². The molecule has 1 aromatic heterocycles. The number of ether oxygens (including phenoxy) is 1. The van der Waals surface area contributed by atoms with Gasteiger partial charge in [0.05, 0.1) is 6.20 Å². The van der Waals surface area contributed by atoms with Crippen LogP contribution in [0.2, 0.25) is 0 Å². The third-order valence-electron chi connectivity index (χ3n) is 8.97. The van der Waals surface area contributed by atoms with Gasteiger partial charge >= 0.3 is 0 Å². The van der Waals surface area contributed by atoms with E-state index >= 15 is 0 Å². The standard InChI is InChI=1S/C32H44N4O3.2ClH/c1-3-4-18-36-30(37)29(21-25-8-6-5-7-9-25)34-31(38)32(36)16-19-35(20-17-32)23-26-11-14-27(15-12-26)39-28-13-10-24(2)33-22-28;;/h10-15,22,25,29H,3-9,16-21,23H2,1-2H3,(H,34,38);2*1H/t29-;;/m0../s1. The molecule has 2 aromatic rings. The van der Waals surface area contributed by atoms with Crippen molar-refractivity contribution in [1.82, 2.24) is 20.1 Å². The van der Waals surface area contributed by atoms with Crippen LogP contribution in [0.5, 0.6) is 11.5 Å². The predicted octanol–water partition coefficient (Wildman–Crippen LogP) is 6.46. The summed E-state index contributed by atoms with van der Waals surface area (Å²) in [5.41, 5.74) is 1.47. The largest absolute Gasteiger partial charge is 0.456 e. The van der Waals surface area contributed by atoms with Crippen LogP contribution in [0.3, 0.4) is 0 Å². The van der Waals surface area contributed by atoms with Crippen LogP contribution in [0, 0.1) is 12.8 Å².